The first kappa shape index (κ1) is 14.8. The van der Waals surface area contributed by atoms with Gasteiger partial charge in [0.1, 0.15) is 0 Å². The molecule has 0 aromatic heterocycles. The first-order valence-corrected chi connectivity index (χ1v) is 6.11. The van der Waals surface area contributed by atoms with Crippen LogP contribution in [0.15, 0.2) is 24.3 Å². The molecule has 0 amide bonds. The van der Waals surface area contributed by atoms with E-state index in [1.54, 1.807) is 18.2 Å². The van der Waals surface area contributed by atoms with E-state index in [1.807, 2.05) is 0 Å². The van der Waals surface area contributed by atoms with E-state index in [0.29, 0.717) is 5.56 Å². The maximum atomic E-state index is 11.8. The van der Waals surface area contributed by atoms with Gasteiger partial charge in [-0.25, -0.2) is 4.79 Å². The molecular formula is C11H12F3NO2S. The van der Waals surface area contributed by atoms with Gasteiger partial charge in [0.15, 0.2) is 0 Å². The number of hydrogen-bond donors (Lipinski definition) is 2. The van der Waals surface area contributed by atoms with E-state index >= 15 is 0 Å². The normalized spacial score (nSPS) is 11.5. The molecule has 1 aromatic rings. The molecule has 1 rings (SSSR count). The molecule has 1 aromatic carbocycles. The Morgan fingerprint density at radius 2 is 2.00 bits per heavy atom. The summed E-state index contributed by atoms with van der Waals surface area (Å²) in [7, 11) is 0. The second-order valence-electron chi connectivity index (χ2n) is 3.43. The minimum absolute atomic E-state index is 0.0985. The van der Waals surface area contributed by atoms with Gasteiger partial charge in [-0.1, -0.05) is 18.2 Å². The van der Waals surface area contributed by atoms with Crippen molar-refractivity contribution in [2.45, 2.75) is 12.1 Å². The van der Waals surface area contributed by atoms with Crippen LogP contribution in [0.3, 0.4) is 0 Å². The minimum atomic E-state index is -4.22. The van der Waals surface area contributed by atoms with Gasteiger partial charge in [-0.15, -0.1) is 0 Å². The summed E-state index contributed by atoms with van der Waals surface area (Å²) in [6.07, 6.45) is 0. The molecule has 18 heavy (non-hydrogen) atoms. The minimum Gasteiger partial charge on any atom is -0.478 e. The molecule has 0 saturated carbocycles. The average molecular weight is 279 g/mol. The number of rotatable bonds is 6. The van der Waals surface area contributed by atoms with Crippen LogP contribution in [-0.4, -0.2) is 28.9 Å². The number of hydrogen-bond acceptors (Lipinski definition) is 3. The summed E-state index contributed by atoms with van der Waals surface area (Å²) in [5.41, 5.74) is -3.50. The lowest BCUT2D eigenvalue weighted by Crippen LogP contribution is -2.19. The van der Waals surface area contributed by atoms with Gasteiger partial charge >= 0.3 is 11.5 Å². The highest BCUT2D eigenvalue weighted by Gasteiger charge is 2.27. The van der Waals surface area contributed by atoms with E-state index in [-0.39, 0.29) is 36.2 Å². The van der Waals surface area contributed by atoms with Crippen LogP contribution in [0.1, 0.15) is 15.9 Å². The summed E-state index contributed by atoms with van der Waals surface area (Å²) < 4.78 is 35.5. The summed E-state index contributed by atoms with van der Waals surface area (Å²) >= 11 is -0.0996. The standard InChI is InChI=1S/C11H12F3NO2S/c12-11(13,14)18-6-5-15-7-8-3-1-2-4-9(8)10(16)17/h1-4,15H,5-7H2,(H,16,17). The van der Waals surface area contributed by atoms with Crippen molar-refractivity contribution in [2.24, 2.45) is 0 Å². The van der Waals surface area contributed by atoms with Crippen molar-refractivity contribution in [2.75, 3.05) is 12.3 Å². The van der Waals surface area contributed by atoms with E-state index in [4.69, 9.17) is 5.11 Å². The lowest BCUT2D eigenvalue weighted by atomic mass is 10.1. The van der Waals surface area contributed by atoms with Crippen molar-refractivity contribution < 1.29 is 23.1 Å². The van der Waals surface area contributed by atoms with Crippen LogP contribution in [-0.2, 0) is 6.54 Å². The van der Waals surface area contributed by atoms with Gasteiger partial charge in [0, 0.05) is 18.8 Å². The molecule has 0 spiro atoms. The molecule has 100 valence electrons. The molecule has 7 heteroatoms. The molecule has 0 saturated heterocycles. The number of aromatic carboxylic acids is 1. The largest absolute Gasteiger partial charge is 0.478 e. The topological polar surface area (TPSA) is 49.3 Å². The van der Waals surface area contributed by atoms with E-state index in [2.05, 4.69) is 5.32 Å². The van der Waals surface area contributed by atoms with Gasteiger partial charge in [0.25, 0.3) is 0 Å². The second kappa shape index (κ2) is 6.65. The predicted molar refractivity (Wildman–Crippen MR) is 63.6 cm³/mol. The Bertz CT molecular complexity index is 410. The van der Waals surface area contributed by atoms with Crippen LogP contribution < -0.4 is 5.32 Å². The quantitative estimate of drug-likeness (QED) is 0.786. The molecule has 0 atom stereocenters. The van der Waals surface area contributed by atoms with E-state index < -0.39 is 11.5 Å². The molecule has 0 aliphatic rings. The van der Waals surface area contributed by atoms with Crippen LogP contribution in [0.5, 0.6) is 0 Å². The first-order valence-electron chi connectivity index (χ1n) is 5.13. The van der Waals surface area contributed by atoms with E-state index in [0.717, 1.165) is 0 Å². The van der Waals surface area contributed by atoms with Crippen LogP contribution >= 0.6 is 11.8 Å². The summed E-state index contributed by atoms with van der Waals surface area (Å²) in [6.45, 7) is 0.402. The zero-order valence-corrected chi connectivity index (χ0v) is 10.1. The number of carboxylic acid groups (broad SMARTS) is 1. The second-order valence-corrected chi connectivity index (χ2v) is 4.59. The summed E-state index contributed by atoms with van der Waals surface area (Å²) in [4.78, 5) is 10.9. The Morgan fingerprint density at radius 1 is 1.33 bits per heavy atom. The number of carboxylic acids is 1. The van der Waals surface area contributed by atoms with E-state index in [1.165, 1.54) is 6.07 Å². The Balaban J connectivity index is 2.38. The third-order valence-corrected chi connectivity index (χ3v) is 2.84. The number of thioether (sulfide) groups is 1. The molecule has 0 fully saturated rings. The Kier molecular flexibility index (Phi) is 5.49. The maximum Gasteiger partial charge on any atom is 0.441 e. The van der Waals surface area contributed by atoms with Crippen molar-refractivity contribution in [3.8, 4) is 0 Å². The third kappa shape index (κ3) is 5.42. The predicted octanol–water partition coefficient (Wildman–Crippen LogP) is 2.73. The van der Waals surface area contributed by atoms with Crippen LogP contribution in [0.4, 0.5) is 13.2 Å². The van der Waals surface area contributed by atoms with Gasteiger partial charge in [-0.3, -0.25) is 0 Å². The van der Waals surface area contributed by atoms with Crippen molar-refractivity contribution >= 4 is 17.7 Å². The highest BCUT2D eigenvalue weighted by atomic mass is 32.2. The number of alkyl halides is 3. The number of halogens is 3. The lowest BCUT2D eigenvalue weighted by molar-refractivity contribution is -0.0327. The number of benzene rings is 1. The van der Waals surface area contributed by atoms with Gasteiger partial charge in [-0.2, -0.15) is 13.2 Å². The van der Waals surface area contributed by atoms with Crippen LogP contribution in [0.2, 0.25) is 0 Å². The Hall–Kier alpha value is -1.21. The smallest absolute Gasteiger partial charge is 0.441 e. The SMILES string of the molecule is O=C(O)c1ccccc1CNCCSC(F)(F)F. The van der Waals surface area contributed by atoms with E-state index in [9.17, 15) is 18.0 Å². The molecular weight excluding hydrogens is 267 g/mol. The fraction of sp³-hybridized carbons (Fsp3) is 0.364. The number of nitrogens with one attached hydrogen (secondary N) is 1. The monoisotopic (exact) mass is 279 g/mol. The van der Waals surface area contributed by atoms with Gasteiger partial charge in [-0.05, 0) is 23.4 Å². The van der Waals surface area contributed by atoms with Crippen molar-refractivity contribution in [1.29, 1.82) is 0 Å². The molecule has 0 unspecified atom stereocenters. The molecule has 0 aliphatic carbocycles. The molecule has 3 nitrogen and oxygen atoms in total. The Labute approximate surface area is 106 Å². The van der Waals surface area contributed by atoms with Crippen molar-refractivity contribution in [3.05, 3.63) is 35.4 Å². The zero-order valence-electron chi connectivity index (χ0n) is 9.33. The zero-order chi connectivity index (χ0) is 13.6. The maximum absolute atomic E-state index is 11.8. The van der Waals surface area contributed by atoms with Crippen LogP contribution in [0.25, 0.3) is 0 Å². The highest BCUT2D eigenvalue weighted by Crippen LogP contribution is 2.29. The fourth-order valence-corrected chi connectivity index (χ4v) is 1.82. The third-order valence-electron chi connectivity index (χ3n) is 2.11. The first-order chi connectivity index (χ1) is 8.40. The number of carbonyl (C=O) groups is 1. The molecule has 0 heterocycles. The summed E-state index contributed by atoms with van der Waals surface area (Å²) in [5, 5.41) is 11.7. The average Bonchev–Trinajstić information content (AvgIpc) is 2.27. The summed E-state index contributed by atoms with van der Waals surface area (Å²) in [6, 6.07) is 6.39. The molecule has 2 N–H and O–H groups in total. The van der Waals surface area contributed by atoms with Gasteiger partial charge in [0.2, 0.25) is 0 Å². The fourth-order valence-electron chi connectivity index (χ4n) is 1.35. The Morgan fingerprint density at radius 3 is 2.61 bits per heavy atom. The van der Waals surface area contributed by atoms with Crippen molar-refractivity contribution in [1.82, 2.24) is 5.32 Å². The van der Waals surface area contributed by atoms with Gasteiger partial charge in [0.05, 0.1) is 5.56 Å². The molecule has 0 bridgehead atoms. The lowest BCUT2D eigenvalue weighted by Gasteiger charge is -2.08. The van der Waals surface area contributed by atoms with Crippen LogP contribution in [0, 0.1) is 0 Å². The molecule has 0 aliphatic heterocycles. The highest BCUT2D eigenvalue weighted by molar-refractivity contribution is 8.00. The van der Waals surface area contributed by atoms with Gasteiger partial charge < -0.3 is 10.4 Å². The summed E-state index contributed by atoms with van der Waals surface area (Å²) in [5.74, 6) is -1.14. The molecule has 0 radical (unpaired) electrons. The van der Waals surface area contributed by atoms with Crippen molar-refractivity contribution in [3.63, 3.8) is 0 Å².